The fourth-order valence-electron chi connectivity index (χ4n) is 2.09. The molecule has 106 valence electrons. The van der Waals surface area contributed by atoms with E-state index in [0.717, 1.165) is 23.4 Å². The van der Waals surface area contributed by atoms with Gasteiger partial charge in [-0.05, 0) is 37.1 Å². The Bertz CT molecular complexity index is 572. The van der Waals surface area contributed by atoms with Crippen molar-refractivity contribution in [3.63, 3.8) is 0 Å². The molecular formula is C16H20N2O2. The van der Waals surface area contributed by atoms with Crippen LogP contribution in [-0.2, 0) is 6.54 Å². The van der Waals surface area contributed by atoms with Crippen molar-refractivity contribution in [3.05, 3.63) is 53.5 Å². The van der Waals surface area contributed by atoms with Gasteiger partial charge in [-0.25, -0.2) is 0 Å². The molecule has 4 nitrogen and oxygen atoms in total. The van der Waals surface area contributed by atoms with E-state index in [4.69, 9.17) is 10.2 Å². The fraction of sp³-hybridized carbons (Fsp3) is 0.312. The van der Waals surface area contributed by atoms with Crippen LogP contribution in [0.3, 0.4) is 0 Å². The molecule has 0 aliphatic rings. The maximum Gasteiger partial charge on any atom is 0.261 e. The predicted octanol–water partition coefficient (Wildman–Crippen LogP) is 3.10. The molecule has 2 aromatic rings. The highest BCUT2D eigenvalue weighted by atomic mass is 16.3. The van der Waals surface area contributed by atoms with Crippen molar-refractivity contribution in [1.29, 1.82) is 0 Å². The number of benzene rings is 1. The first-order valence-corrected chi connectivity index (χ1v) is 6.81. The van der Waals surface area contributed by atoms with E-state index in [0.29, 0.717) is 18.7 Å². The van der Waals surface area contributed by atoms with Gasteiger partial charge in [0.15, 0.2) is 0 Å². The van der Waals surface area contributed by atoms with E-state index in [1.807, 2.05) is 31.2 Å². The summed E-state index contributed by atoms with van der Waals surface area (Å²) in [5, 5.41) is 0. The Balaban J connectivity index is 2.27. The minimum atomic E-state index is -0.0378. The van der Waals surface area contributed by atoms with Gasteiger partial charge < -0.3 is 15.1 Å². The molecule has 0 atom stereocenters. The van der Waals surface area contributed by atoms with E-state index in [-0.39, 0.29) is 5.91 Å². The van der Waals surface area contributed by atoms with Crippen LogP contribution in [-0.4, -0.2) is 12.5 Å². The van der Waals surface area contributed by atoms with E-state index >= 15 is 0 Å². The molecule has 0 saturated heterocycles. The summed E-state index contributed by atoms with van der Waals surface area (Å²) in [6.07, 6.45) is 2.40. The maximum absolute atomic E-state index is 12.5. The summed E-state index contributed by atoms with van der Waals surface area (Å²) in [4.78, 5) is 14.3. The molecular weight excluding hydrogens is 252 g/mol. The number of furan rings is 1. The molecule has 1 amide bonds. The van der Waals surface area contributed by atoms with Crippen LogP contribution in [0.2, 0.25) is 0 Å². The third kappa shape index (κ3) is 3.08. The summed E-state index contributed by atoms with van der Waals surface area (Å²) in [6.45, 7) is 5.06. The van der Waals surface area contributed by atoms with E-state index in [1.54, 1.807) is 11.0 Å². The first-order chi connectivity index (χ1) is 9.65. The maximum atomic E-state index is 12.5. The Hall–Kier alpha value is -2.07. The number of hydrogen-bond acceptors (Lipinski definition) is 3. The summed E-state index contributed by atoms with van der Waals surface area (Å²) in [7, 11) is 0. The standard InChI is InChI=1S/C16H20N2O2/c1-3-8-18(15-6-4-13(10-17)5-7-15)16(19)14-9-12(2)20-11-14/h4-7,9,11H,3,8,10,17H2,1-2H3. The number of amides is 1. The number of aryl methyl sites for hydroxylation is 1. The molecule has 0 bridgehead atoms. The zero-order chi connectivity index (χ0) is 14.5. The molecule has 1 heterocycles. The van der Waals surface area contributed by atoms with E-state index in [1.165, 1.54) is 6.26 Å². The quantitative estimate of drug-likeness (QED) is 0.909. The molecule has 0 radical (unpaired) electrons. The minimum Gasteiger partial charge on any atom is -0.469 e. The highest BCUT2D eigenvalue weighted by molar-refractivity contribution is 6.05. The molecule has 0 aliphatic carbocycles. The van der Waals surface area contributed by atoms with Gasteiger partial charge >= 0.3 is 0 Å². The SMILES string of the molecule is CCCN(C(=O)c1coc(C)c1)c1ccc(CN)cc1. The highest BCUT2D eigenvalue weighted by Gasteiger charge is 2.18. The molecule has 4 heteroatoms. The first-order valence-electron chi connectivity index (χ1n) is 6.81. The van der Waals surface area contributed by atoms with E-state index < -0.39 is 0 Å². The average Bonchev–Trinajstić information content (AvgIpc) is 2.91. The molecule has 0 spiro atoms. The molecule has 0 fully saturated rings. The second-order valence-corrected chi connectivity index (χ2v) is 4.77. The Morgan fingerprint density at radius 2 is 2.00 bits per heavy atom. The van der Waals surface area contributed by atoms with Crippen LogP contribution >= 0.6 is 0 Å². The third-order valence-corrected chi connectivity index (χ3v) is 3.15. The van der Waals surface area contributed by atoms with Crippen molar-refractivity contribution in [2.75, 3.05) is 11.4 Å². The van der Waals surface area contributed by atoms with Crippen molar-refractivity contribution >= 4 is 11.6 Å². The van der Waals surface area contributed by atoms with Crippen molar-refractivity contribution in [2.24, 2.45) is 5.73 Å². The first kappa shape index (κ1) is 14.3. The third-order valence-electron chi connectivity index (χ3n) is 3.15. The van der Waals surface area contributed by atoms with Crippen LogP contribution in [0, 0.1) is 6.92 Å². The molecule has 2 N–H and O–H groups in total. The second kappa shape index (κ2) is 6.39. The van der Waals surface area contributed by atoms with E-state index in [2.05, 4.69) is 6.92 Å². The highest BCUT2D eigenvalue weighted by Crippen LogP contribution is 2.19. The lowest BCUT2D eigenvalue weighted by molar-refractivity contribution is 0.0986. The number of nitrogens with two attached hydrogens (primary N) is 1. The van der Waals surface area contributed by atoms with Gasteiger partial charge in [0.2, 0.25) is 0 Å². The number of hydrogen-bond donors (Lipinski definition) is 1. The molecule has 2 rings (SSSR count). The summed E-state index contributed by atoms with van der Waals surface area (Å²) >= 11 is 0. The van der Waals surface area contributed by atoms with E-state index in [9.17, 15) is 4.79 Å². The number of rotatable bonds is 5. The number of carbonyl (C=O) groups excluding carboxylic acids is 1. The van der Waals surface area contributed by atoms with Gasteiger partial charge in [-0.1, -0.05) is 19.1 Å². The van der Waals surface area contributed by atoms with Gasteiger partial charge in [0, 0.05) is 18.8 Å². The monoisotopic (exact) mass is 272 g/mol. The van der Waals surface area contributed by atoms with Gasteiger partial charge in [0.25, 0.3) is 5.91 Å². The zero-order valence-corrected chi connectivity index (χ0v) is 11.9. The van der Waals surface area contributed by atoms with Crippen LogP contribution in [0.15, 0.2) is 41.0 Å². The van der Waals surface area contributed by atoms with Gasteiger partial charge in [-0.2, -0.15) is 0 Å². The Morgan fingerprint density at radius 1 is 1.30 bits per heavy atom. The van der Waals surface area contributed by atoms with Crippen LogP contribution < -0.4 is 10.6 Å². The Kier molecular flexibility index (Phi) is 4.58. The lowest BCUT2D eigenvalue weighted by atomic mass is 10.1. The molecule has 0 saturated carbocycles. The molecule has 0 unspecified atom stereocenters. The van der Waals surface area contributed by atoms with Gasteiger partial charge in [0.05, 0.1) is 5.56 Å². The topological polar surface area (TPSA) is 59.5 Å². The fourth-order valence-corrected chi connectivity index (χ4v) is 2.09. The Labute approximate surface area is 119 Å². The predicted molar refractivity (Wildman–Crippen MR) is 79.7 cm³/mol. The smallest absolute Gasteiger partial charge is 0.261 e. The lowest BCUT2D eigenvalue weighted by Crippen LogP contribution is -2.31. The van der Waals surface area contributed by atoms with Crippen molar-refractivity contribution in [3.8, 4) is 0 Å². The number of carbonyl (C=O) groups is 1. The summed E-state index contributed by atoms with van der Waals surface area (Å²) in [5.74, 6) is 0.701. The normalized spacial score (nSPS) is 10.6. The van der Waals surface area contributed by atoms with Crippen molar-refractivity contribution in [2.45, 2.75) is 26.8 Å². The van der Waals surface area contributed by atoms with Gasteiger partial charge in [-0.3, -0.25) is 4.79 Å². The van der Waals surface area contributed by atoms with Crippen LogP contribution in [0.5, 0.6) is 0 Å². The Morgan fingerprint density at radius 3 is 2.50 bits per heavy atom. The average molecular weight is 272 g/mol. The molecule has 1 aromatic heterocycles. The van der Waals surface area contributed by atoms with Gasteiger partial charge in [0.1, 0.15) is 12.0 Å². The molecule has 0 aliphatic heterocycles. The minimum absolute atomic E-state index is 0.0378. The zero-order valence-electron chi connectivity index (χ0n) is 11.9. The lowest BCUT2D eigenvalue weighted by Gasteiger charge is -2.21. The van der Waals surface area contributed by atoms with Gasteiger partial charge in [-0.15, -0.1) is 0 Å². The number of nitrogens with zero attached hydrogens (tertiary/aromatic N) is 1. The van der Waals surface area contributed by atoms with Crippen LogP contribution in [0.4, 0.5) is 5.69 Å². The summed E-state index contributed by atoms with van der Waals surface area (Å²) in [6, 6.07) is 9.53. The molecule has 20 heavy (non-hydrogen) atoms. The van der Waals surface area contributed by atoms with Crippen molar-refractivity contribution in [1.82, 2.24) is 0 Å². The largest absolute Gasteiger partial charge is 0.469 e. The van der Waals surface area contributed by atoms with Crippen LogP contribution in [0.25, 0.3) is 0 Å². The summed E-state index contributed by atoms with van der Waals surface area (Å²) in [5.41, 5.74) is 8.11. The van der Waals surface area contributed by atoms with Crippen LogP contribution in [0.1, 0.15) is 35.0 Å². The number of anilines is 1. The second-order valence-electron chi connectivity index (χ2n) is 4.77. The van der Waals surface area contributed by atoms with Crippen molar-refractivity contribution < 1.29 is 9.21 Å². The summed E-state index contributed by atoms with van der Waals surface area (Å²) < 4.78 is 5.22. The molecule has 1 aromatic carbocycles.